The second kappa shape index (κ2) is 7.55. The van der Waals surface area contributed by atoms with Gasteiger partial charge in [0.15, 0.2) is 5.82 Å². The van der Waals surface area contributed by atoms with Crippen LogP contribution in [0.2, 0.25) is 0 Å². The normalized spacial score (nSPS) is 25.9. The van der Waals surface area contributed by atoms with Gasteiger partial charge in [-0.25, -0.2) is 4.79 Å². The molecule has 6 nitrogen and oxygen atoms in total. The minimum atomic E-state index is -0.0269. The van der Waals surface area contributed by atoms with E-state index in [4.69, 9.17) is 0 Å². The first kappa shape index (κ1) is 17.3. The van der Waals surface area contributed by atoms with Crippen molar-refractivity contribution >= 4 is 11.8 Å². The van der Waals surface area contributed by atoms with Crippen LogP contribution < -0.4 is 5.32 Å². The Bertz CT molecular complexity index is 539. The molecular weight excluding hydrogens is 302 g/mol. The zero-order chi connectivity index (χ0) is 17.1. The number of aromatic nitrogens is 2. The van der Waals surface area contributed by atoms with Crippen LogP contribution in [0.1, 0.15) is 52.5 Å². The summed E-state index contributed by atoms with van der Waals surface area (Å²) in [4.78, 5) is 16.9. The summed E-state index contributed by atoms with van der Waals surface area (Å²) in [6, 6.07) is 2.86. The Morgan fingerprint density at radius 2 is 1.83 bits per heavy atom. The molecule has 0 aromatic carbocycles. The van der Waals surface area contributed by atoms with Crippen molar-refractivity contribution in [2.75, 3.05) is 31.5 Å². The summed E-state index contributed by atoms with van der Waals surface area (Å²) in [5, 5.41) is 7.31. The van der Waals surface area contributed by atoms with Crippen LogP contribution in [0.3, 0.4) is 0 Å². The second-order valence-corrected chi connectivity index (χ2v) is 7.64. The molecule has 0 unspecified atom stereocenters. The number of urea groups is 1. The van der Waals surface area contributed by atoms with Crippen molar-refractivity contribution in [3.63, 3.8) is 0 Å². The van der Waals surface area contributed by atoms with Gasteiger partial charge >= 0.3 is 6.03 Å². The third-order valence-electron chi connectivity index (χ3n) is 5.48. The highest BCUT2D eigenvalue weighted by molar-refractivity contribution is 5.88. The molecule has 1 aliphatic heterocycles. The molecule has 1 N–H and O–H groups in total. The van der Waals surface area contributed by atoms with Crippen LogP contribution in [0.5, 0.6) is 0 Å². The number of amides is 2. The van der Waals surface area contributed by atoms with Gasteiger partial charge in [0.2, 0.25) is 0 Å². The average Bonchev–Trinajstić information content (AvgIpc) is 3.04. The molecule has 1 aliphatic carbocycles. The van der Waals surface area contributed by atoms with Gasteiger partial charge in [-0.1, -0.05) is 6.92 Å². The molecule has 2 fully saturated rings. The maximum absolute atomic E-state index is 12.4. The monoisotopic (exact) mass is 333 g/mol. The maximum Gasteiger partial charge on any atom is 0.323 e. The molecular formula is C18H31N5O. The zero-order valence-corrected chi connectivity index (χ0v) is 15.2. The Morgan fingerprint density at radius 1 is 1.17 bits per heavy atom. The van der Waals surface area contributed by atoms with Crippen molar-refractivity contribution in [2.45, 2.75) is 58.5 Å². The maximum atomic E-state index is 12.4. The van der Waals surface area contributed by atoms with Crippen molar-refractivity contribution < 1.29 is 4.79 Å². The van der Waals surface area contributed by atoms with Crippen molar-refractivity contribution in [3.05, 3.63) is 12.3 Å². The lowest BCUT2D eigenvalue weighted by molar-refractivity contribution is 0.0864. The minimum Gasteiger partial charge on any atom is -0.322 e. The van der Waals surface area contributed by atoms with E-state index in [0.29, 0.717) is 11.9 Å². The van der Waals surface area contributed by atoms with Crippen molar-refractivity contribution in [1.82, 2.24) is 19.6 Å². The van der Waals surface area contributed by atoms with Crippen LogP contribution in [0, 0.1) is 5.92 Å². The SMILES string of the molecule is CC1CCC(N2CCN(C(=O)Nc3ccn(C(C)C)n3)CC2)CC1. The molecule has 24 heavy (non-hydrogen) atoms. The van der Waals surface area contributed by atoms with Crippen molar-refractivity contribution in [3.8, 4) is 0 Å². The third kappa shape index (κ3) is 4.09. The molecule has 1 aromatic rings. The van der Waals surface area contributed by atoms with E-state index in [1.165, 1.54) is 25.7 Å². The van der Waals surface area contributed by atoms with Crippen LogP contribution in [0.4, 0.5) is 10.6 Å². The molecule has 6 heteroatoms. The fraction of sp³-hybridized carbons (Fsp3) is 0.778. The predicted octanol–water partition coefficient (Wildman–Crippen LogP) is 3.19. The van der Waals surface area contributed by atoms with E-state index in [2.05, 4.69) is 36.1 Å². The molecule has 2 heterocycles. The number of carbonyl (C=O) groups excluding carboxylic acids is 1. The molecule has 0 spiro atoms. The molecule has 3 rings (SSSR count). The van der Waals surface area contributed by atoms with Gasteiger partial charge < -0.3 is 4.90 Å². The number of piperazine rings is 1. The molecule has 1 saturated carbocycles. The van der Waals surface area contributed by atoms with Crippen LogP contribution in [-0.4, -0.2) is 57.8 Å². The molecule has 0 bridgehead atoms. The number of nitrogens with one attached hydrogen (secondary N) is 1. The van der Waals surface area contributed by atoms with Gasteiger partial charge in [-0.05, 0) is 45.4 Å². The largest absolute Gasteiger partial charge is 0.323 e. The Hall–Kier alpha value is -1.56. The highest BCUT2D eigenvalue weighted by Gasteiger charge is 2.28. The number of carbonyl (C=O) groups is 1. The summed E-state index contributed by atoms with van der Waals surface area (Å²) in [6.07, 6.45) is 7.25. The van der Waals surface area contributed by atoms with Crippen LogP contribution in [0.25, 0.3) is 0 Å². The highest BCUT2D eigenvalue weighted by Crippen LogP contribution is 2.27. The van der Waals surface area contributed by atoms with E-state index in [1.54, 1.807) is 0 Å². The summed E-state index contributed by atoms with van der Waals surface area (Å²) in [6.45, 7) is 10.1. The van der Waals surface area contributed by atoms with Crippen LogP contribution in [0.15, 0.2) is 12.3 Å². The Balaban J connectivity index is 1.46. The number of hydrogen-bond acceptors (Lipinski definition) is 3. The van der Waals surface area contributed by atoms with E-state index >= 15 is 0 Å². The smallest absolute Gasteiger partial charge is 0.322 e. The first-order valence-electron chi connectivity index (χ1n) is 9.38. The zero-order valence-electron chi connectivity index (χ0n) is 15.2. The molecule has 2 aliphatic rings. The standard InChI is InChI=1S/C18H31N5O/c1-14(2)23-9-8-17(20-23)19-18(24)22-12-10-21(11-13-22)16-6-4-15(3)5-7-16/h8-9,14-16H,4-7,10-13H2,1-3H3,(H,19,20,24). The fourth-order valence-corrected chi connectivity index (χ4v) is 3.78. The van der Waals surface area contributed by atoms with Gasteiger partial charge in [0.25, 0.3) is 0 Å². The van der Waals surface area contributed by atoms with E-state index < -0.39 is 0 Å². The number of nitrogens with zero attached hydrogens (tertiary/aromatic N) is 4. The Morgan fingerprint density at radius 3 is 2.42 bits per heavy atom. The molecule has 0 radical (unpaired) electrons. The van der Waals surface area contributed by atoms with Gasteiger partial charge in [-0.2, -0.15) is 5.10 Å². The van der Waals surface area contributed by atoms with Crippen LogP contribution >= 0.6 is 0 Å². The lowest BCUT2D eigenvalue weighted by atomic mass is 9.86. The van der Waals surface area contributed by atoms with E-state index in [1.807, 2.05) is 21.8 Å². The van der Waals surface area contributed by atoms with E-state index in [-0.39, 0.29) is 6.03 Å². The van der Waals surface area contributed by atoms with Gasteiger partial charge in [-0.3, -0.25) is 14.9 Å². The summed E-state index contributed by atoms with van der Waals surface area (Å²) < 4.78 is 1.86. The summed E-state index contributed by atoms with van der Waals surface area (Å²) in [5.41, 5.74) is 0. The summed E-state index contributed by atoms with van der Waals surface area (Å²) >= 11 is 0. The second-order valence-electron chi connectivity index (χ2n) is 7.64. The summed E-state index contributed by atoms with van der Waals surface area (Å²) in [7, 11) is 0. The van der Waals surface area contributed by atoms with Gasteiger partial charge in [0.1, 0.15) is 0 Å². The predicted molar refractivity (Wildman–Crippen MR) is 96.2 cm³/mol. The highest BCUT2D eigenvalue weighted by atomic mass is 16.2. The summed E-state index contributed by atoms with van der Waals surface area (Å²) in [5.74, 6) is 1.52. The number of hydrogen-bond donors (Lipinski definition) is 1. The molecule has 1 aromatic heterocycles. The number of rotatable bonds is 3. The quantitative estimate of drug-likeness (QED) is 0.924. The minimum absolute atomic E-state index is 0.0269. The molecule has 134 valence electrons. The Labute approximate surface area is 145 Å². The lowest BCUT2D eigenvalue weighted by Gasteiger charge is -2.41. The van der Waals surface area contributed by atoms with Crippen LogP contribution in [-0.2, 0) is 0 Å². The first-order valence-corrected chi connectivity index (χ1v) is 9.38. The van der Waals surface area contributed by atoms with E-state index in [0.717, 1.165) is 38.1 Å². The molecule has 2 amide bonds. The van der Waals surface area contributed by atoms with Gasteiger partial charge in [-0.15, -0.1) is 0 Å². The van der Waals surface area contributed by atoms with E-state index in [9.17, 15) is 4.79 Å². The topological polar surface area (TPSA) is 53.4 Å². The first-order chi connectivity index (χ1) is 11.5. The van der Waals surface area contributed by atoms with Crippen molar-refractivity contribution in [1.29, 1.82) is 0 Å². The number of anilines is 1. The fourth-order valence-electron chi connectivity index (χ4n) is 3.78. The Kier molecular flexibility index (Phi) is 5.43. The molecule has 0 atom stereocenters. The van der Waals surface area contributed by atoms with Gasteiger partial charge in [0, 0.05) is 50.5 Å². The van der Waals surface area contributed by atoms with Gasteiger partial charge in [0.05, 0.1) is 0 Å². The third-order valence-corrected chi connectivity index (χ3v) is 5.48. The molecule has 1 saturated heterocycles. The average molecular weight is 333 g/mol. The lowest BCUT2D eigenvalue weighted by Crippen LogP contribution is -2.53. The van der Waals surface area contributed by atoms with Crippen molar-refractivity contribution in [2.24, 2.45) is 5.92 Å².